The van der Waals surface area contributed by atoms with E-state index in [2.05, 4.69) is 5.32 Å². The Morgan fingerprint density at radius 3 is 2.67 bits per heavy atom. The van der Waals surface area contributed by atoms with E-state index in [9.17, 15) is 14.9 Å². The molecule has 0 radical (unpaired) electrons. The Morgan fingerprint density at radius 2 is 2.10 bits per heavy atom. The molecule has 1 aromatic rings. The number of carbonyl (C=O) groups is 1. The van der Waals surface area contributed by atoms with E-state index in [1.807, 2.05) is 0 Å². The van der Waals surface area contributed by atoms with E-state index in [0.717, 1.165) is 6.07 Å². The fourth-order valence-electron chi connectivity index (χ4n) is 2.21. The number of nitro groups is 1. The van der Waals surface area contributed by atoms with Gasteiger partial charge in [0.25, 0.3) is 11.6 Å². The first kappa shape index (κ1) is 16.0. The van der Waals surface area contributed by atoms with Gasteiger partial charge in [0.1, 0.15) is 5.56 Å². The maximum absolute atomic E-state index is 12.4. The highest BCUT2D eigenvalue weighted by atomic mass is 35.5. The lowest BCUT2D eigenvalue weighted by Gasteiger charge is -2.36. The van der Waals surface area contributed by atoms with E-state index in [1.54, 1.807) is 0 Å². The molecule has 0 aromatic heterocycles. The highest BCUT2D eigenvalue weighted by molar-refractivity contribution is 6.31. The van der Waals surface area contributed by atoms with Gasteiger partial charge in [-0.2, -0.15) is 0 Å². The van der Waals surface area contributed by atoms with Crippen molar-refractivity contribution in [3.63, 3.8) is 0 Å². The quantitative estimate of drug-likeness (QED) is 0.522. The Bertz CT molecular complexity index is 559. The zero-order chi connectivity index (χ0) is 15.5. The lowest BCUT2D eigenvalue weighted by Crippen LogP contribution is -2.53. The third-order valence-electron chi connectivity index (χ3n) is 3.49. The van der Waals surface area contributed by atoms with Gasteiger partial charge in [0.15, 0.2) is 0 Å². The molecule has 1 heterocycles. The summed E-state index contributed by atoms with van der Waals surface area (Å²) in [6.07, 6.45) is 1.15. The molecular weight excluding hydrogens is 319 g/mol. The summed E-state index contributed by atoms with van der Waals surface area (Å²) in [6.45, 7) is 0.991. The fraction of sp³-hybridized carbons (Fsp3) is 0.462. The van der Waals surface area contributed by atoms with Crippen molar-refractivity contribution < 1.29 is 14.5 Å². The van der Waals surface area contributed by atoms with E-state index in [-0.39, 0.29) is 22.2 Å². The molecule has 1 fully saturated rings. The average Bonchev–Trinajstić information content (AvgIpc) is 2.47. The number of hydrogen-bond donors (Lipinski definition) is 1. The number of halogens is 2. The van der Waals surface area contributed by atoms with E-state index in [0.29, 0.717) is 26.1 Å². The van der Waals surface area contributed by atoms with Gasteiger partial charge in [-0.15, -0.1) is 11.6 Å². The molecule has 1 amide bonds. The van der Waals surface area contributed by atoms with Crippen LogP contribution in [0.5, 0.6) is 0 Å². The van der Waals surface area contributed by atoms with Crippen molar-refractivity contribution >= 4 is 34.8 Å². The van der Waals surface area contributed by atoms with Gasteiger partial charge in [0.05, 0.1) is 10.5 Å². The molecule has 0 spiro atoms. The molecule has 114 valence electrons. The number of nitro benzene ring substituents is 1. The summed E-state index contributed by atoms with van der Waals surface area (Å²) in [6, 6.07) is 3.95. The number of ether oxygens (including phenoxy) is 1. The third-order valence-corrected chi connectivity index (χ3v) is 4.23. The summed E-state index contributed by atoms with van der Waals surface area (Å²) < 4.78 is 5.26. The summed E-state index contributed by atoms with van der Waals surface area (Å²) in [4.78, 5) is 22.8. The van der Waals surface area contributed by atoms with Crippen molar-refractivity contribution in [2.75, 3.05) is 19.1 Å². The maximum atomic E-state index is 12.4. The number of nitrogens with one attached hydrogen (secondary N) is 1. The first-order valence-corrected chi connectivity index (χ1v) is 7.29. The molecule has 0 saturated carbocycles. The Balaban J connectivity index is 2.25. The number of nitrogens with zero attached hydrogens (tertiary/aromatic N) is 1. The summed E-state index contributed by atoms with van der Waals surface area (Å²) in [5, 5.41) is 14.1. The lowest BCUT2D eigenvalue weighted by molar-refractivity contribution is -0.385. The van der Waals surface area contributed by atoms with Crippen LogP contribution in [-0.4, -0.2) is 35.5 Å². The van der Waals surface area contributed by atoms with Gasteiger partial charge >= 0.3 is 0 Å². The van der Waals surface area contributed by atoms with Crippen molar-refractivity contribution in [2.45, 2.75) is 18.4 Å². The topological polar surface area (TPSA) is 81.5 Å². The monoisotopic (exact) mass is 332 g/mol. The standard InChI is InChI=1S/C13H14Cl2N2O4/c14-8-13(3-5-21-6-4-13)16-12(18)10-2-1-9(15)7-11(10)17(19)20/h1-2,7H,3-6,8H2,(H,16,18). The zero-order valence-electron chi connectivity index (χ0n) is 11.1. The molecule has 2 rings (SSSR count). The SMILES string of the molecule is O=C(NC1(CCl)CCOCC1)c1ccc(Cl)cc1[N+](=O)[O-]. The number of rotatable bonds is 4. The van der Waals surface area contributed by atoms with Crippen LogP contribution in [0.3, 0.4) is 0 Å². The minimum Gasteiger partial charge on any atom is -0.381 e. The average molecular weight is 333 g/mol. The highest BCUT2D eigenvalue weighted by Crippen LogP contribution is 2.26. The van der Waals surface area contributed by atoms with E-state index in [1.165, 1.54) is 12.1 Å². The molecule has 1 saturated heterocycles. The smallest absolute Gasteiger partial charge is 0.283 e. The second-order valence-corrected chi connectivity index (χ2v) is 5.60. The van der Waals surface area contributed by atoms with Gasteiger partial charge in [-0.25, -0.2) is 0 Å². The molecule has 0 unspecified atom stereocenters. The van der Waals surface area contributed by atoms with Gasteiger partial charge in [-0.3, -0.25) is 14.9 Å². The van der Waals surface area contributed by atoms with Crippen LogP contribution in [0.25, 0.3) is 0 Å². The lowest BCUT2D eigenvalue weighted by atomic mass is 9.91. The zero-order valence-corrected chi connectivity index (χ0v) is 12.6. The first-order valence-electron chi connectivity index (χ1n) is 6.38. The minimum absolute atomic E-state index is 0.0274. The maximum Gasteiger partial charge on any atom is 0.283 e. The van der Waals surface area contributed by atoms with Crippen molar-refractivity contribution in [3.8, 4) is 0 Å². The van der Waals surface area contributed by atoms with Crippen LogP contribution in [0.15, 0.2) is 18.2 Å². The second kappa shape index (κ2) is 6.60. The molecule has 6 nitrogen and oxygen atoms in total. The Labute approximate surface area is 131 Å². The highest BCUT2D eigenvalue weighted by Gasteiger charge is 2.35. The van der Waals surface area contributed by atoms with Crippen LogP contribution in [0, 0.1) is 10.1 Å². The molecular formula is C13H14Cl2N2O4. The first-order chi connectivity index (χ1) is 9.97. The third kappa shape index (κ3) is 3.64. The Kier molecular flexibility index (Phi) is 5.03. The van der Waals surface area contributed by atoms with Crippen LogP contribution in [0.1, 0.15) is 23.2 Å². The Morgan fingerprint density at radius 1 is 1.43 bits per heavy atom. The number of hydrogen-bond acceptors (Lipinski definition) is 4. The van der Waals surface area contributed by atoms with E-state index >= 15 is 0 Å². The van der Waals surface area contributed by atoms with Gasteiger partial charge in [0.2, 0.25) is 0 Å². The van der Waals surface area contributed by atoms with Crippen LogP contribution < -0.4 is 5.32 Å². The minimum atomic E-state index is -0.627. The van der Waals surface area contributed by atoms with E-state index < -0.39 is 16.4 Å². The van der Waals surface area contributed by atoms with E-state index in [4.69, 9.17) is 27.9 Å². The molecule has 1 aliphatic heterocycles. The summed E-state index contributed by atoms with van der Waals surface area (Å²) >= 11 is 11.7. The van der Waals surface area contributed by atoms with Gasteiger partial charge in [0, 0.05) is 30.2 Å². The molecule has 1 aromatic carbocycles. The molecule has 1 N–H and O–H groups in total. The van der Waals surface area contributed by atoms with Gasteiger partial charge in [-0.1, -0.05) is 11.6 Å². The van der Waals surface area contributed by atoms with Crippen LogP contribution in [0.4, 0.5) is 5.69 Å². The van der Waals surface area contributed by atoms with Crippen molar-refractivity contribution in [2.24, 2.45) is 0 Å². The largest absolute Gasteiger partial charge is 0.381 e. The molecule has 8 heteroatoms. The van der Waals surface area contributed by atoms with Gasteiger partial charge in [-0.05, 0) is 25.0 Å². The normalized spacial score (nSPS) is 17.2. The number of benzene rings is 1. The Hall–Kier alpha value is -1.37. The fourth-order valence-corrected chi connectivity index (χ4v) is 2.71. The molecule has 0 bridgehead atoms. The number of amides is 1. The van der Waals surface area contributed by atoms with Crippen molar-refractivity contribution in [1.82, 2.24) is 5.32 Å². The van der Waals surface area contributed by atoms with Crippen molar-refractivity contribution in [1.29, 1.82) is 0 Å². The van der Waals surface area contributed by atoms with Gasteiger partial charge < -0.3 is 10.1 Å². The second-order valence-electron chi connectivity index (χ2n) is 4.90. The molecule has 21 heavy (non-hydrogen) atoms. The van der Waals surface area contributed by atoms with Crippen molar-refractivity contribution in [3.05, 3.63) is 38.9 Å². The predicted octanol–water partition coefficient (Wildman–Crippen LogP) is 2.77. The molecule has 1 aliphatic rings. The van der Waals surface area contributed by atoms with Crippen LogP contribution in [-0.2, 0) is 4.74 Å². The summed E-state index contributed by atoms with van der Waals surface area (Å²) in [5.74, 6) is -0.301. The van der Waals surface area contributed by atoms with Crippen LogP contribution >= 0.6 is 23.2 Å². The number of carbonyl (C=O) groups excluding carboxylic acids is 1. The molecule has 0 atom stereocenters. The molecule has 0 aliphatic carbocycles. The summed E-state index contributed by atoms with van der Waals surface area (Å²) in [7, 11) is 0. The number of alkyl halides is 1. The predicted molar refractivity (Wildman–Crippen MR) is 79.1 cm³/mol. The summed E-state index contributed by atoms with van der Waals surface area (Å²) in [5.41, 5.74) is -0.943. The van der Waals surface area contributed by atoms with Crippen LogP contribution in [0.2, 0.25) is 5.02 Å².